The molecule has 12 heavy (non-hydrogen) atoms. The maximum atomic E-state index is 8.55. The molecule has 0 aliphatic rings. The van der Waals surface area contributed by atoms with E-state index >= 15 is 0 Å². The van der Waals surface area contributed by atoms with E-state index in [1.807, 2.05) is 0 Å². The second kappa shape index (κ2) is 31.5. The fourth-order valence-electron chi connectivity index (χ4n) is 0. The average molecular weight is 324 g/mol. The van der Waals surface area contributed by atoms with Crippen molar-refractivity contribution in [2.24, 2.45) is 0 Å². The van der Waals surface area contributed by atoms with Crippen molar-refractivity contribution < 1.29 is 287 Å². The minimum Gasteiger partial charge on any atom is -0.870 e. The molecular weight excluding hydrogens is 322 g/mol. The zero-order valence-electron chi connectivity index (χ0n) is 7.97. The van der Waals surface area contributed by atoms with Crippen LogP contribution in [0.4, 0.5) is 0 Å². The Labute approximate surface area is 284 Å². The molecule has 0 fully saturated rings. The second-order valence-electron chi connectivity index (χ2n) is 0.447. The van der Waals surface area contributed by atoms with Gasteiger partial charge in [-0.3, -0.25) is 0 Å². The maximum Gasteiger partial charge on any atom is 1.00 e. The topological polar surface area (TPSA) is 146 Å². The third-order valence-corrected chi connectivity index (χ3v) is 0. The van der Waals surface area contributed by atoms with Gasteiger partial charge < -0.3 is 30.2 Å². The van der Waals surface area contributed by atoms with Crippen molar-refractivity contribution in [2.45, 2.75) is 0 Å². The second-order valence-corrected chi connectivity index (χ2v) is 1.34. The molecule has 0 rings (SSSR count). The van der Waals surface area contributed by atoms with Crippen LogP contribution in [0.2, 0.25) is 0 Å². The van der Waals surface area contributed by atoms with Crippen molar-refractivity contribution in [3.05, 3.63) is 0 Å². The van der Waals surface area contributed by atoms with Gasteiger partial charge in [-0.05, 0) is 0 Å². The van der Waals surface area contributed by atoms with Gasteiger partial charge in [0.2, 0.25) is 0 Å². The molecule has 0 saturated carbocycles. The molecule has 0 atom stereocenters. The van der Waals surface area contributed by atoms with Gasteiger partial charge in [0.05, 0.1) is 0 Å². The Morgan fingerprint density at radius 2 is 0.667 bits per heavy atom. The largest absolute Gasteiger partial charge is 1.00 e. The van der Waals surface area contributed by atoms with E-state index in [9.17, 15) is 0 Å². The molecule has 0 aromatic rings. The molecule has 12 heteroatoms. The summed E-state index contributed by atoms with van der Waals surface area (Å²) in [7, 11) is -5.39. The van der Waals surface area contributed by atoms with Crippen LogP contribution in [0, 0.1) is 0 Å². The Morgan fingerprint density at radius 3 is 0.667 bits per heavy atom. The zero-order chi connectivity index (χ0) is 4.50. The third-order valence-electron chi connectivity index (χ3n) is 0. The summed E-state index contributed by atoms with van der Waals surface area (Å²) in [5, 5.41) is 0. The molecule has 0 aliphatic carbocycles. The summed E-state index contributed by atoms with van der Waals surface area (Å²) in [6, 6.07) is 0. The molecule has 0 spiro atoms. The summed E-state index contributed by atoms with van der Waals surface area (Å²) >= 11 is 0. The first-order chi connectivity index (χ1) is 2.00. The van der Waals surface area contributed by atoms with Crippen LogP contribution in [-0.4, -0.2) is 11.0 Å². The van der Waals surface area contributed by atoms with Gasteiger partial charge in [0.1, 0.15) is 0 Å². The van der Waals surface area contributed by atoms with Gasteiger partial charge >= 0.3 is 257 Å². The Bertz CT molecular complexity index is 62.1. The van der Waals surface area contributed by atoms with Crippen LogP contribution in [0.5, 0.6) is 0 Å². The minimum absolute atomic E-state index is 0. The van der Waals surface area contributed by atoms with Crippen molar-refractivity contribution in [3.63, 3.8) is 0 Å². The van der Waals surface area contributed by atoms with Crippen molar-refractivity contribution in [1.29, 1.82) is 0 Å². The van der Waals surface area contributed by atoms with Crippen LogP contribution in [0.3, 0.4) is 0 Å². The fourth-order valence-corrected chi connectivity index (χ4v) is 0. The summed E-state index contributed by atoms with van der Waals surface area (Å²) in [6.07, 6.45) is 0. The molecule has 0 unspecified atom stereocenters. The predicted molar refractivity (Wildman–Crippen MR) is 11.5 cm³/mol. The van der Waals surface area contributed by atoms with E-state index in [0.717, 1.165) is 0 Å². The normalized spacial score (nSPS) is 4.92. The third kappa shape index (κ3) is 80.0. The van der Waals surface area contributed by atoms with E-state index in [4.69, 9.17) is 19.2 Å². The van der Waals surface area contributed by atoms with Crippen LogP contribution in [-0.2, 0) is 4.57 Å². The van der Waals surface area contributed by atoms with Crippen LogP contribution in [0.15, 0.2) is 0 Å². The Hall–Kier alpha value is 8.21. The Morgan fingerprint density at radius 1 is 0.667 bits per heavy atom. The molecule has 0 aliphatic heterocycles. The van der Waals surface area contributed by atoms with Gasteiger partial charge in [-0.15, -0.1) is 0 Å². The fraction of sp³-hybridized carbons (Fsp3) is 0. The number of hydrogen-bond acceptors (Lipinski definition) is 6. The standard InChI is InChI=1S/5K.H3O4P.2H2O/c;;;;;1-5(2,3)4;;/h;;;;;(H3,1,2,3,4);2*1H2/q5*+1;;;/p-5. The first-order valence-corrected chi connectivity index (χ1v) is 2.19. The molecular formula is H2K5O6P. The average Bonchev–Trinajstić information content (AvgIpc) is 0.722. The van der Waals surface area contributed by atoms with E-state index in [-0.39, 0.29) is 268 Å². The SMILES string of the molecule is O=P([O-])([O-])[O-].[K+].[K+].[K+].[K+].[K+].[OH-].[OH-]. The molecule has 48 valence electrons. The van der Waals surface area contributed by atoms with Crippen molar-refractivity contribution in [3.8, 4) is 0 Å². The summed E-state index contributed by atoms with van der Waals surface area (Å²) in [4.78, 5) is 25.6. The Balaban J connectivity index is -0.00000000381. The van der Waals surface area contributed by atoms with Gasteiger partial charge in [0.15, 0.2) is 0 Å². The number of rotatable bonds is 0. The molecule has 0 saturated heterocycles. The van der Waals surface area contributed by atoms with Crippen LogP contribution in [0.25, 0.3) is 0 Å². The molecule has 6 nitrogen and oxygen atoms in total. The summed E-state index contributed by atoms with van der Waals surface area (Å²) in [5.74, 6) is 0. The zero-order valence-corrected chi connectivity index (χ0v) is 24.5. The molecule has 0 aromatic heterocycles. The van der Waals surface area contributed by atoms with Gasteiger partial charge in [-0.2, -0.15) is 7.82 Å². The van der Waals surface area contributed by atoms with E-state index in [1.54, 1.807) is 0 Å². The molecule has 0 bridgehead atoms. The van der Waals surface area contributed by atoms with Gasteiger partial charge in [-0.25, -0.2) is 0 Å². The first kappa shape index (κ1) is 50.0. The minimum atomic E-state index is -5.39. The van der Waals surface area contributed by atoms with E-state index in [1.165, 1.54) is 0 Å². The van der Waals surface area contributed by atoms with Crippen molar-refractivity contribution >= 4 is 7.82 Å². The van der Waals surface area contributed by atoms with Crippen molar-refractivity contribution in [1.82, 2.24) is 0 Å². The Kier molecular flexibility index (Phi) is 132. The maximum absolute atomic E-state index is 8.55. The van der Waals surface area contributed by atoms with E-state index < -0.39 is 7.82 Å². The molecule has 0 aromatic carbocycles. The van der Waals surface area contributed by atoms with Gasteiger partial charge in [0.25, 0.3) is 0 Å². The van der Waals surface area contributed by atoms with Crippen LogP contribution in [0.1, 0.15) is 0 Å². The van der Waals surface area contributed by atoms with Gasteiger partial charge in [0, 0.05) is 0 Å². The molecule has 0 radical (unpaired) electrons. The number of hydrogen-bond donors (Lipinski definition) is 0. The molecule has 0 amide bonds. The quantitative estimate of drug-likeness (QED) is 0.319. The first-order valence-electron chi connectivity index (χ1n) is 0.730. The summed E-state index contributed by atoms with van der Waals surface area (Å²) in [6.45, 7) is 0. The van der Waals surface area contributed by atoms with Gasteiger partial charge in [-0.1, -0.05) is 0 Å². The number of phosphoric acid groups is 1. The van der Waals surface area contributed by atoms with Crippen molar-refractivity contribution in [2.75, 3.05) is 0 Å². The summed E-state index contributed by atoms with van der Waals surface area (Å²) < 4.78 is 8.55. The molecule has 0 heterocycles. The van der Waals surface area contributed by atoms with Crippen LogP contribution >= 0.6 is 7.82 Å². The predicted octanol–water partition coefficient (Wildman–Crippen LogP) is -18.2. The van der Waals surface area contributed by atoms with E-state index in [2.05, 4.69) is 0 Å². The summed E-state index contributed by atoms with van der Waals surface area (Å²) in [5.41, 5.74) is 0. The molecule has 2 N–H and O–H groups in total. The monoisotopic (exact) mass is 324 g/mol. The smallest absolute Gasteiger partial charge is 0.870 e. The van der Waals surface area contributed by atoms with Crippen LogP contribution < -0.4 is 272 Å². The van der Waals surface area contributed by atoms with E-state index in [0.29, 0.717) is 0 Å².